The molecule has 7 heteroatoms. The van der Waals surface area contributed by atoms with Crippen LogP contribution in [0.2, 0.25) is 0 Å². The minimum absolute atomic E-state index is 0.0872. The number of methoxy groups -OCH3 is 1. The smallest absolute Gasteiger partial charge is 0.337 e. The van der Waals surface area contributed by atoms with Crippen molar-refractivity contribution in [3.05, 3.63) is 29.8 Å². The van der Waals surface area contributed by atoms with E-state index in [9.17, 15) is 13.2 Å². The van der Waals surface area contributed by atoms with Crippen LogP contribution < -0.4 is 5.73 Å². The van der Waals surface area contributed by atoms with E-state index in [1.807, 2.05) is 6.92 Å². The normalized spacial score (nSPS) is 18.9. The van der Waals surface area contributed by atoms with E-state index in [1.165, 1.54) is 35.7 Å². The molecule has 0 bridgehead atoms. The highest BCUT2D eigenvalue weighted by Crippen LogP contribution is 2.25. The molecule has 22 heavy (non-hydrogen) atoms. The summed E-state index contributed by atoms with van der Waals surface area (Å²) in [5.41, 5.74) is 6.21. The van der Waals surface area contributed by atoms with Crippen LogP contribution >= 0.6 is 0 Å². The number of carbonyl (C=O) groups excluding carboxylic acids is 1. The number of ether oxygens (including phenoxy) is 1. The molecule has 1 saturated heterocycles. The van der Waals surface area contributed by atoms with Gasteiger partial charge in [-0.2, -0.15) is 4.31 Å². The molecule has 0 saturated carbocycles. The van der Waals surface area contributed by atoms with Crippen molar-refractivity contribution in [1.29, 1.82) is 0 Å². The van der Waals surface area contributed by atoms with E-state index in [2.05, 4.69) is 4.74 Å². The van der Waals surface area contributed by atoms with E-state index in [0.717, 1.165) is 12.8 Å². The lowest BCUT2D eigenvalue weighted by Gasteiger charge is -2.32. The lowest BCUT2D eigenvalue weighted by Crippen LogP contribution is -2.42. The van der Waals surface area contributed by atoms with E-state index in [4.69, 9.17) is 5.73 Å². The molecular formula is C15H22N2O4S. The topological polar surface area (TPSA) is 89.7 Å². The molecule has 0 aromatic heterocycles. The maximum atomic E-state index is 12.6. The van der Waals surface area contributed by atoms with Crippen LogP contribution in [0.3, 0.4) is 0 Å². The van der Waals surface area contributed by atoms with Gasteiger partial charge in [0.1, 0.15) is 0 Å². The zero-order valence-corrected chi connectivity index (χ0v) is 13.7. The molecule has 2 N–H and O–H groups in total. The van der Waals surface area contributed by atoms with Gasteiger partial charge in [0.05, 0.1) is 17.6 Å². The van der Waals surface area contributed by atoms with Gasteiger partial charge in [-0.05, 0) is 49.9 Å². The highest BCUT2D eigenvalue weighted by atomic mass is 32.2. The fraction of sp³-hybridized carbons (Fsp3) is 0.533. The van der Waals surface area contributed by atoms with Crippen molar-refractivity contribution in [3.63, 3.8) is 0 Å². The summed E-state index contributed by atoms with van der Waals surface area (Å²) in [5.74, 6) is -0.116. The number of hydrogen-bond acceptors (Lipinski definition) is 5. The van der Waals surface area contributed by atoms with Gasteiger partial charge in [0.15, 0.2) is 0 Å². The lowest BCUT2D eigenvalue weighted by atomic mass is 9.92. The van der Waals surface area contributed by atoms with Gasteiger partial charge in [0, 0.05) is 19.1 Å². The summed E-state index contributed by atoms with van der Waals surface area (Å²) < 4.78 is 31.3. The Labute approximate surface area is 131 Å². The van der Waals surface area contributed by atoms with Crippen LogP contribution in [0.4, 0.5) is 0 Å². The predicted octanol–water partition coefficient (Wildman–Crippen LogP) is 1.22. The van der Waals surface area contributed by atoms with Crippen LogP contribution in [-0.2, 0) is 14.8 Å². The van der Waals surface area contributed by atoms with Gasteiger partial charge in [-0.25, -0.2) is 13.2 Å². The number of carbonyl (C=O) groups is 1. The Bertz CT molecular complexity index is 617. The van der Waals surface area contributed by atoms with Gasteiger partial charge in [-0.15, -0.1) is 0 Å². The fourth-order valence-corrected chi connectivity index (χ4v) is 4.14. The molecule has 6 nitrogen and oxygen atoms in total. The fourth-order valence-electron chi connectivity index (χ4n) is 2.67. The number of benzene rings is 1. The summed E-state index contributed by atoms with van der Waals surface area (Å²) in [4.78, 5) is 11.6. The Morgan fingerprint density at radius 1 is 1.27 bits per heavy atom. The van der Waals surface area contributed by atoms with Crippen LogP contribution in [0.15, 0.2) is 29.2 Å². The second-order valence-electron chi connectivity index (χ2n) is 5.62. The SMILES string of the molecule is COC(=O)c1ccc(S(=O)(=O)N2CCC(C(C)N)CC2)cc1. The quantitative estimate of drug-likeness (QED) is 0.840. The van der Waals surface area contributed by atoms with Crippen LogP contribution in [0.5, 0.6) is 0 Å². The van der Waals surface area contributed by atoms with Crippen molar-refractivity contribution >= 4 is 16.0 Å². The van der Waals surface area contributed by atoms with Gasteiger partial charge >= 0.3 is 5.97 Å². The van der Waals surface area contributed by atoms with E-state index < -0.39 is 16.0 Å². The predicted molar refractivity (Wildman–Crippen MR) is 82.9 cm³/mol. The first-order valence-corrected chi connectivity index (χ1v) is 8.74. The van der Waals surface area contributed by atoms with Gasteiger partial charge in [0.25, 0.3) is 0 Å². The summed E-state index contributed by atoms with van der Waals surface area (Å²) in [5, 5.41) is 0. The number of nitrogens with zero attached hydrogens (tertiary/aromatic N) is 1. The van der Waals surface area contributed by atoms with E-state index in [1.54, 1.807) is 0 Å². The van der Waals surface area contributed by atoms with E-state index >= 15 is 0 Å². The number of hydrogen-bond donors (Lipinski definition) is 1. The third-order valence-corrected chi connectivity index (χ3v) is 6.07. The van der Waals surface area contributed by atoms with Crippen molar-refractivity contribution in [2.45, 2.75) is 30.7 Å². The Morgan fingerprint density at radius 2 is 1.82 bits per heavy atom. The second kappa shape index (κ2) is 6.76. The largest absolute Gasteiger partial charge is 0.465 e. The van der Waals surface area contributed by atoms with Gasteiger partial charge < -0.3 is 10.5 Å². The molecule has 1 aliphatic rings. The zero-order chi connectivity index (χ0) is 16.3. The molecule has 1 heterocycles. The second-order valence-corrected chi connectivity index (χ2v) is 7.55. The Kier molecular flexibility index (Phi) is 5.20. The number of rotatable bonds is 4. The Morgan fingerprint density at radius 3 is 2.27 bits per heavy atom. The molecule has 1 fully saturated rings. The van der Waals surface area contributed by atoms with Crippen LogP contribution in [-0.4, -0.2) is 44.9 Å². The molecule has 122 valence electrons. The molecular weight excluding hydrogens is 304 g/mol. The number of piperidine rings is 1. The van der Waals surface area contributed by atoms with Crippen LogP contribution in [0.25, 0.3) is 0 Å². The molecule has 1 atom stereocenters. The van der Waals surface area contributed by atoms with Crippen LogP contribution in [0, 0.1) is 5.92 Å². The lowest BCUT2D eigenvalue weighted by molar-refractivity contribution is 0.0600. The molecule has 1 unspecified atom stereocenters. The average molecular weight is 326 g/mol. The summed E-state index contributed by atoms with van der Waals surface area (Å²) >= 11 is 0. The first-order chi connectivity index (χ1) is 10.4. The highest BCUT2D eigenvalue weighted by Gasteiger charge is 2.30. The molecule has 1 aromatic rings. The summed E-state index contributed by atoms with van der Waals surface area (Å²) in [6.45, 7) is 2.92. The molecule has 1 aliphatic heterocycles. The zero-order valence-electron chi connectivity index (χ0n) is 12.9. The number of nitrogens with two attached hydrogens (primary N) is 1. The first kappa shape index (κ1) is 16.9. The standard InChI is InChI=1S/C15H22N2O4S/c1-11(16)12-7-9-17(10-8-12)22(19,20)14-5-3-13(4-6-14)15(18)21-2/h3-6,11-12H,7-10,16H2,1-2H3. The summed E-state index contributed by atoms with van der Waals surface area (Å²) in [6.07, 6.45) is 1.55. The highest BCUT2D eigenvalue weighted by molar-refractivity contribution is 7.89. The van der Waals surface area contributed by atoms with Crippen molar-refractivity contribution in [1.82, 2.24) is 4.31 Å². The third kappa shape index (κ3) is 3.48. The summed E-state index contributed by atoms with van der Waals surface area (Å²) in [6, 6.07) is 5.91. The molecule has 1 aromatic carbocycles. The molecule has 2 rings (SSSR count). The maximum absolute atomic E-state index is 12.6. The minimum Gasteiger partial charge on any atom is -0.465 e. The molecule has 0 amide bonds. The van der Waals surface area contributed by atoms with Crippen molar-refractivity contribution in [3.8, 4) is 0 Å². The molecule has 0 radical (unpaired) electrons. The average Bonchev–Trinajstić information content (AvgIpc) is 2.54. The van der Waals surface area contributed by atoms with Gasteiger partial charge in [0.2, 0.25) is 10.0 Å². The van der Waals surface area contributed by atoms with Crippen molar-refractivity contribution in [2.75, 3.05) is 20.2 Å². The minimum atomic E-state index is -3.52. The Balaban J connectivity index is 2.12. The van der Waals surface area contributed by atoms with Gasteiger partial charge in [-0.3, -0.25) is 0 Å². The van der Waals surface area contributed by atoms with Crippen molar-refractivity contribution in [2.24, 2.45) is 11.7 Å². The monoisotopic (exact) mass is 326 g/mol. The van der Waals surface area contributed by atoms with Crippen molar-refractivity contribution < 1.29 is 17.9 Å². The third-order valence-electron chi connectivity index (χ3n) is 4.16. The number of esters is 1. The maximum Gasteiger partial charge on any atom is 0.337 e. The van der Waals surface area contributed by atoms with E-state index in [-0.39, 0.29) is 10.9 Å². The molecule has 0 spiro atoms. The van der Waals surface area contributed by atoms with Gasteiger partial charge in [-0.1, -0.05) is 0 Å². The number of sulfonamides is 1. The first-order valence-electron chi connectivity index (χ1n) is 7.30. The summed E-state index contributed by atoms with van der Waals surface area (Å²) in [7, 11) is -2.23. The van der Waals surface area contributed by atoms with Crippen LogP contribution in [0.1, 0.15) is 30.1 Å². The Hall–Kier alpha value is -1.44. The molecule has 0 aliphatic carbocycles. The van der Waals surface area contributed by atoms with E-state index in [0.29, 0.717) is 24.6 Å².